The summed E-state index contributed by atoms with van der Waals surface area (Å²) in [6.07, 6.45) is 3.71. The molecule has 1 saturated heterocycles. The second kappa shape index (κ2) is 8.48. The minimum absolute atomic E-state index is 0. The average molecular weight is 370 g/mol. The zero-order valence-corrected chi connectivity index (χ0v) is 15.0. The molecule has 0 radical (unpaired) electrons. The van der Waals surface area contributed by atoms with E-state index in [2.05, 4.69) is 20.5 Å². The molecule has 6 nitrogen and oxygen atoms in total. The number of anilines is 1. The molecule has 2 aromatic rings. The van der Waals surface area contributed by atoms with E-state index >= 15 is 0 Å². The van der Waals surface area contributed by atoms with E-state index in [1.54, 1.807) is 18.3 Å². The van der Waals surface area contributed by atoms with Crippen LogP contribution < -0.4 is 10.6 Å². The van der Waals surface area contributed by atoms with Gasteiger partial charge < -0.3 is 15.2 Å². The number of aromatic nitrogens is 2. The zero-order valence-electron chi connectivity index (χ0n) is 13.4. The summed E-state index contributed by atoms with van der Waals surface area (Å²) < 4.78 is 2.00. The number of piperazine rings is 1. The van der Waals surface area contributed by atoms with Gasteiger partial charge >= 0.3 is 0 Å². The molecule has 1 amide bonds. The van der Waals surface area contributed by atoms with Gasteiger partial charge in [0.25, 0.3) is 0 Å². The number of imidazole rings is 1. The lowest BCUT2D eigenvalue weighted by atomic mass is 10.1. The number of halogens is 2. The molecule has 0 saturated carbocycles. The quantitative estimate of drug-likeness (QED) is 0.865. The summed E-state index contributed by atoms with van der Waals surface area (Å²) in [5.41, 5.74) is 0.642. The highest BCUT2D eigenvalue weighted by Gasteiger charge is 2.28. The van der Waals surface area contributed by atoms with Gasteiger partial charge in [-0.1, -0.05) is 23.7 Å². The van der Waals surface area contributed by atoms with Gasteiger partial charge in [-0.25, -0.2) is 4.98 Å². The van der Waals surface area contributed by atoms with Gasteiger partial charge in [0, 0.05) is 39.1 Å². The topological polar surface area (TPSA) is 62.2 Å². The summed E-state index contributed by atoms with van der Waals surface area (Å²) in [6, 6.07) is 7.34. The fourth-order valence-electron chi connectivity index (χ4n) is 2.83. The predicted molar refractivity (Wildman–Crippen MR) is 97.7 cm³/mol. The molecule has 1 aliphatic heterocycles. The Balaban J connectivity index is 0.00000208. The largest absolute Gasteiger partial charge is 0.337 e. The third-order valence-electron chi connectivity index (χ3n) is 4.01. The molecule has 1 fully saturated rings. The van der Waals surface area contributed by atoms with E-state index in [1.165, 1.54) is 0 Å². The Hall–Kier alpha value is -1.60. The third kappa shape index (κ3) is 4.27. The van der Waals surface area contributed by atoms with Crippen LogP contribution in [0.15, 0.2) is 36.7 Å². The molecule has 24 heavy (non-hydrogen) atoms. The molecule has 8 heteroatoms. The standard InChI is InChI=1S/C16H20ClN5O.ClH/c1-21-8-7-19-16(21)14-10-18-6-9-22(14)11-15(23)20-13-5-3-2-4-12(13)17;/h2-5,7-8,14,18H,6,9-11H2,1H3,(H,20,23);1H. The van der Waals surface area contributed by atoms with E-state index in [1.807, 2.05) is 29.9 Å². The van der Waals surface area contributed by atoms with Crippen molar-refractivity contribution in [3.8, 4) is 0 Å². The number of hydrogen-bond donors (Lipinski definition) is 2. The van der Waals surface area contributed by atoms with E-state index in [0.29, 0.717) is 17.3 Å². The number of rotatable bonds is 4. The second-order valence-electron chi connectivity index (χ2n) is 5.61. The second-order valence-corrected chi connectivity index (χ2v) is 6.02. The minimum atomic E-state index is -0.0702. The van der Waals surface area contributed by atoms with Crippen molar-refractivity contribution < 1.29 is 4.79 Å². The maximum Gasteiger partial charge on any atom is 0.238 e. The molecule has 1 unspecified atom stereocenters. The molecular formula is C16H21Cl2N5O. The first-order valence-electron chi connectivity index (χ1n) is 7.61. The lowest BCUT2D eigenvalue weighted by molar-refractivity contribution is -0.118. The SMILES string of the molecule is Cl.Cn1ccnc1C1CNCCN1CC(=O)Nc1ccccc1Cl. The van der Waals surface area contributed by atoms with E-state index in [9.17, 15) is 4.79 Å². The smallest absolute Gasteiger partial charge is 0.238 e. The maximum absolute atomic E-state index is 12.4. The van der Waals surface area contributed by atoms with E-state index in [4.69, 9.17) is 11.6 Å². The first kappa shape index (κ1) is 18.7. The molecule has 130 valence electrons. The number of carbonyl (C=O) groups excluding carboxylic acids is 1. The van der Waals surface area contributed by atoms with Crippen molar-refractivity contribution >= 4 is 35.6 Å². The number of hydrogen-bond acceptors (Lipinski definition) is 4. The molecule has 1 aliphatic rings. The molecule has 0 aliphatic carbocycles. The van der Waals surface area contributed by atoms with E-state index in [-0.39, 0.29) is 24.4 Å². The highest BCUT2D eigenvalue weighted by Crippen LogP contribution is 2.22. The number of aryl methyl sites for hydroxylation is 1. The van der Waals surface area contributed by atoms with Gasteiger partial charge in [-0.15, -0.1) is 12.4 Å². The van der Waals surface area contributed by atoms with Crippen LogP contribution >= 0.6 is 24.0 Å². The number of benzene rings is 1. The van der Waals surface area contributed by atoms with Crippen LogP contribution in [-0.2, 0) is 11.8 Å². The van der Waals surface area contributed by atoms with Gasteiger partial charge in [0.1, 0.15) is 5.82 Å². The first-order chi connectivity index (χ1) is 11.1. The van der Waals surface area contributed by atoms with Crippen molar-refractivity contribution in [1.82, 2.24) is 19.8 Å². The van der Waals surface area contributed by atoms with Crippen molar-refractivity contribution in [2.45, 2.75) is 6.04 Å². The van der Waals surface area contributed by atoms with Crippen LogP contribution in [0.25, 0.3) is 0 Å². The highest BCUT2D eigenvalue weighted by atomic mass is 35.5. The summed E-state index contributed by atoms with van der Waals surface area (Å²) in [7, 11) is 1.97. The Labute approximate surface area is 152 Å². The van der Waals surface area contributed by atoms with Crippen LogP contribution in [0, 0.1) is 0 Å². The fraction of sp³-hybridized carbons (Fsp3) is 0.375. The van der Waals surface area contributed by atoms with E-state index < -0.39 is 0 Å². The monoisotopic (exact) mass is 369 g/mol. The lowest BCUT2D eigenvalue weighted by Gasteiger charge is -2.35. The van der Waals surface area contributed by atoms with Gasteiger partial charge in [-0.05, 0) is 12.1 Å². The molecule has 1 aromatic carbocycles. The summed E-state index contributed by atoms with van der Waals surface area (Å²) in [5.74, 6) is 0.891. The van der Waals surface area contributed by atoms with Crippen LogP contribution in [0.3, 0.4) is 0 Å². The normalized spacial score (nSPS) is 18.0. The Morgan fingerprint density at radius 3 is 2.96 bits per heavy atom. The zero-order chi connectivity index (χ0) is 16.2. The van der Waals surface area contributed by atoms with Crippen molar-refractivity contribution in [2.75, 3.05) is 31.5 Å². The predicted octanol–water partition coefficient (Wildman–Crippen LogP) is 2.08. The van der Waals surface area contributed by atoms with Crippen molar-refractivity contribution in [1.29, 1.82) is 0 Å². The number of amides is 1. The van der Waals surface area contributed by atoms with Crippen molar-refractivity contribution in [3.63, 3.8) is 0 Å². The summed E-state index contributed by atoms with van der Waals surface area (Å²) in [4.78, 5) is 18.9. The van der Waals surface area contributed by atoms with Crippen LogP contribution in [-0.4, -0.2) is 46.5 Å². The Morgan fingerprint density at radius 2 is 2.25 bits per heavy atom. The highest BCUT2D eigenvalue weighted by molar-refractivity contribution is 6.33. The van der Waals surface area contributed by atoms with Crippen molar-refractivity contribution in [2.24, 2.45) is 7.05 Å². The molecule has 0 spiro atoms. The molecule has 1 atom stereocenters. The Morgan fingerprint density at radius 1 is 1.46 bits per heavy atom. The number of para-hydroxylation sites is 1. The number of nitrogens with one attached hydrogen (secondary N) is 2. The van der Waals surface area contributed by atoms with Gasteiger partial charge in [-0.3, -0.25) is 9.69 Å². The minimum Gasteiger partial charge on any atom is -0.337 e. The number of nitrogens with zero attached hydrogens (tertiary/aromatic N) is 3. The summed E-state index contributed by atoms with van der Waals surface area (Å²) in [5, 5.41) is 6.79. The van der Waals surface area contributed by atoms with Crippen LogP contribution in [0.1, 0.15) is 11.9 Å². The first-order valence-corrected chi connectivity index (χ1v) is 7.99. The third-order valence-corrected chi connectivity index (χ3v) is 4.33. The molecule has 1 aromatic heterocycles. The van der Waals surface area contributed by atoms with Gasteiger partial charge in [-0.2, -0.15) is 0 Å². The van der Waals surface area contributed by atoms with Gasteiger partial charge in [0.2, 0.25) is 5.91 Å². The fourth-order valence-corrected chi connectivity index (χ4v) is 3.01. The van der Waals surface area contributed by atoms with Gasteiger partial charge in [0.15, 0.2) is 0 Å². The number of carbonyl (C=O) groups is 1. The lowest BCUT2D eigenvalue weighted by Crippen LogP contribution is -2.49. The van der Waals surface area contributed by atoms with Crippen LogP contribution in [0.5, 0.6) is 0 Å². The molecule has 2 N–H and O–H groups in total. The maximum atomic E-state index is 12.4. The van der Waals surface area contributed by atoms with Gasteiger partial charge in [0.05, 0.1) is 23.3 Å². The Kier molecular flexibility index (Phi) is 6.62. The van der Waals surface area contributed by atoms with Crippen molar-refractivity contribution in [3.05, 3.63) is 47.5 Å². The molecule has 3 rings (SSSR count). The molecule has 2 heterocycles. The van der Waals surface area contributed by atoms with E-state index in [0.717, 1.165) is 25.5 Å². The summed E-state index contributed by atoms with van der Waals surface area (Å²) >= 11 is 6.09. The summed E-state index contributed by atoms with van der Waals surface area (Å²) in [6.45, 7) is 2.75. The Bertz CT molecular complexity index is 691. The molecular weight excluding hydrogens is 349 g/mol. The van der Waals surface area contributed by atoms with Crippen LogP contribution in [0.4, 0.5) is 5.69 Å². The average Bonchev–Trinajstić information content (AvgIpc) is 2.96. The molecule has 0 bridgehead atoms. The van der Waals surface area contributed by atoms with Crippen LogP contribution in [0.2, 0.25) is 5.02 Å².